The number of benzene rings is 1. The summed E-state index contributed by atoms with van der Waals surface area (Å²) in [6.45, 7) is 2.84. The van der Waals surface area contributed by atoms with Crippen LogP contribution in [0.15, 0.2) is 18.2 Å². The number of carbonyl (C=O) groups excluding carboxylic acids is 1. The first-order chi connectivity index (χ1) is 8.56. The predicted octanol–water partition coefficient (Wildman–Crippen LogP) is 0.639. The minimum atomic E-state index is 0.102. The Hall–Kier alpha value is -1.75. The average molecular weight is 249 g/mol. The lowest BCUT2D eigenvalue weighted by Gasteiger charge is -2.19. The number of nitrogens with zero attached hydrogens (tertiary/aromatic N) is 2. The Morgan fingerprint density at radius 1 is 1.39 bits per heavy atom. The molecule has 1 aromatic carbocycles. The Bertz CT molecular complexity index is 448. The van der Waals surface area contributed by atoms with Crippen LogP contribution < -0.4 is 5.73 Å². The number of nitrogens with two attached hydrogens (primary N) is 1. The van der Waals surface area contributed by atoms with Crippen LogP contribution in [-0.4, -0.2) is 47.5 Å². The molecule has 0 atom stereocenters. The second kappa shape index (κ2) is 5.27. The Balaban J connectivity index is 2.04. The lowest BCUT2D eigenvalue weighted by molar-refractivity contribution is -0.129. The van der Waals surface area contributed by atoms with Crippen LogP contribution in [0.3, 0.4) is 0 Å². The van der Waals surface area contributed by atoms with Crippen molar-refractivity contribution in [2.45, 2.75) is 13.0 Å². The van der Waals surface area contributed by atoms with Crippen LogP contribution in [0, 0.1) is 0 Å². The Morgan fingerprint density at radius 2 is 2.17 bits per heavy atom. The van der Waals surface area contributed by atoms with Crippen LogP contribution in [-0.2, 0) is 11.3 Å². The number of aromatic hydroxyl groups is 1. The molecule has 98 valence electrons. The highest BCUT2D eigenvalue weighted by Gasteiger charge is 2.18. The highest BCUT2D eigenvalue weighted by atomic mass is 16.3. The monoisotopic (exact) mass is 249 g/mol. The van der Waals surface area contributed by atoms with Crippen molar-refractivity contribution in [1.82, 2.24) is 9.80 Å². The third kappa shape index (κ3) is 2.92. The van der Waals surface area contributed by atoms with Crippen LogP contribution in [0.25, 0.3) is 0 Å². The van der Waals surface area contributed by atoms with Crippen molar-refractivity contribution in [2.24, 2.45) is 0 Å². The summed E-state index contributed by atoms with van der Waals surface area (Å²) in [5.41, 5.74) is 7.06. The molecule has 5 nitrogen and oxygen atoms in total. The molecule has 1 saturated heterocycles. The molecule has 5 heteroatoms. The molecule has 1 aliphatic rings. The maximum Gasteiger partial charge on any atom is 0.236 e. The molecule has 1 fully saturated rings. The number of amides is 1. The van der Waals surface area contributed by atoms with Gasteiger partial charge in [-0.25, -0.2) is 0 Å². The summed E-state index contributed by atoms with van der Waals surface area (Å²) < 4.78 is 0. The van der Waals surface area contributed by atoms with Gasteiger partial charge in [-0.1, -0.05) is 6.07 Å². The third-order valence-electron chi connectivity index (χ3n) is 3.25. The molecule has 0 radical (unpaired) electrons. The topological polar surface area (TPSA) is 69.8 Å². The molecule has 0 aromatic heterocycles. The van der Waals surface area contributed by atoms with Crippen LogP contribution in [0.1, 0.15) is 12.0 Å². The van der Waals surface area contributed by atoms with E-state index in [0.717, 1.165) is 25.1 Å². The Labute approximate surface area is 107 Å². The zero-order valence-corrected chi connectivity index (χ0v) is 10.6. The van der Waals surface area contributed by atoms with Crippen molar-refractivity contribution in [2.75, 3.05) is 32.4 Å². The van der Waals surface area contributed by atoms with Gasteiger partial charge in [0.25, 0.3) is 0 Å². The fourth-order valence-corrected chi connectivity index (χ4v) is 2.14. The summed E-state index contributed by atoms with van der Waals surface area (Å²) in [5.74, 6) is 0.254. The zero-order valence-electron chi connectivity index (χ0n) is 10.6. The van der Waals surface area contributed by atoms with E-state index >= 15 is 0 Å². The lowest BCUT2D eigenvalue weighted by Crippen LogP contribution is -2.34. The first-order valence-corrected chi connectivity index (χ1v) is 6.10. The smallest absolute Gasteiger partial charge is 0.236 e. The van der Waals surface area contributed by atoms with E-state index in [1.807, 2.05) is 13.1 Å². The van der Waals surface area contributed by atoms with Gasteiger partial charge in [0.15, 0.2) is 0 Å². The van der Waals surface area contributed by atoms with Crippen LogP contribution >= 0.6 is 0 Å². The van der Waals surface area contributed by atoms with Gasteiger partial charge in [0.2, 0.25) is 5.91 Å². The molecule has 1 heterocycles. The van der Waals surface area contributed by atoms with Gasteiger partial charge >= 0.3 is 0 Å². The second-order valence-corrected chi connectivity index (χ2v) is 4.77. The summed E-state index contributed by atoms with van der Waals surface area (Å²) in [6, 6.07) is 5.19. The van der Waals surface area contributed by atoms with Crippen LogP contribution in [0.4, 0.5) is 5.69 Å². The van der Waals surface area contributed by atoms with E-state index in [1.54, 1.807) is 17.0 Å². The maximum absolute atomic E-state index is 11.8. The van der Waals surface area contributed by atoms with Gasteiger partial charge in [0.1, 0.15) is 5.75 Å². The predicted molar refractivity (Wildman–Crippen MR) is 70.1 cm³/mol. The van der Waals surface area contributed by atoms with Gasteiger partial charge in [-0.05, 0) is 24.1 Å². The largest absolute Gasteiger partial charge is 0.506 e. The van der Waals surface area contributed by atoms with E-state index in [9.17, 15) is 9.90 Å². The number of anilines is 1. The summed E-state index contributed by atoms with van der Waals surface area (Å²) in [4.78, 5) is 15.6. The first kappa shape index (κ1) is 12.7. The van der Waals surface area contributed by atoms with Gasteiger partial charge in [-0.2, -0.15) is 0 Å². The standard InChI is InChI=1S/C13H19N3O2/c1-15-5-2-6-16(9-13(15)18)8-10-3-4-12(17)11(14)7-10/h3-4,7,17H,2,5-6,8-9,14H2,1H3. The van der Waals surface area contributed by atoms with Gasteiger partial charge < -0.3 is 15.7 Å². The number of likely N-dealkylation sites (N-methyl/N-ethyl adjacent to an activating group) is 1. The van der Waals surface area contributed by atoms with Crippen molar-refractivity contribution in [3.63, 3.8) is 0 Å². The fourth-order valence-electron chi connectivity index (χ4n) is 2.14. The molecular weight excluding hydrogens is 230 g/mol. The zero-order chi connectivity index (χ0) is 13.1. The molecule has 18 heavy (non-hydrogen) atoms. The Kier molecular flexibility index (Phi) is 3.72. The van der Waals surface area contributed by atoms with E-state index < -0.39 is 0 Å². The molecule has 3 N–H and O–H groups in total. The van der Waals surface area contributed by atoms with E-state index in [4.69, 9.17) is 5.73 Å². The summed E-state index contributed by atoms with van der Waals surface area (Å²) in [6.07, 6.45) is 0.982. The van der Waals surface area contributed by atoms with E-state index in [2.05, 4.69) is 4.90 Å². The van der Waals surface area contributed by atoms with Crippen molar-refractivity contribution in [1.29, 1.82) is 0 Å². The van der Waals surface area contributed by atoms with Crippen LogP contribution in [0.2, 0.25) is 0 Å². The minimum Gasteiger partial charge on any atom is -0.506 e. The van der Waals surface area contributed by atoms with Gasteiger partial charge in [0, 0.05) is 26.7 Å². The normalized spacial score (nSPS) is 17.8. The fraction of sp³-hybridized carbons (Fsp3) is 0.462. The molecule has 1 amide bonds. The Morgan fingerprint density at radius 3 is 2.89 bits per heavy atom. The van der Waals surface area contributed by atoms with Crippen molar-refractivity contribution >= 4 is 11.6 Å². The number of hydrogen-bond donors (Lipinski definition) is 2. The first-order valence-electron chi connectivity index (χ1n) is 6.10. The molecule has 0 unspecified atom stereocenters. The number of nitrogen functional groups attached to an aromatic ring is 1. The minimum absolute atomic E-state index is 0.102. The molecular formula is C13H19N3O2. The number of hydrogen-bond acceptors (Lipinski definition) is 4. The van der Waals surface area contributed by atoms with Gasteiger partial charge in [-0.3, -0.25) is 9.69 Å². The molecule has 1 aromatic rings. The number of carbonyl (C=O) groups is 1. The van der Waals surface area contributed by atoms with E-state index in [1.165, 1.54) is 0 Å². The van der Waals surface area contributed by atoms with Gasteiger partial charge in [0.05, 0.1) is 12.2 Å². The summed E-state index contributed by atoms with van der Waals surface area (Å²) in [5, 5.41) is 9.37. The van der Waals surface area contributed by atoms with Crippen molar-refractivity contribution < 1.29 is 9.90 Å². The highest BCUT2D eigenvalue weighted by Crippen LogP contribution is 2.21. The number of phenols is 1. The molecule has 0 aliphatic carbocycles. The third-order valence-corrected chi connectivity index (χ3v) is 3.25. The molecule has 1 aliphatic heterocycles. The SMILES string of the molecule is CN1CCCN(Cc2ccc(O)c(N)c2)CC1=O. The summed E-state index contributed by atoms with van der Waals surface area (Å²) in [7, 11) is 1.84. The summed E-state index contributed by atoms with van der Waals surface area (Å²) >= 11 is 0. The van der Waals surface area contributed by atoms with E-state index in [-0.39, 0.29) is 11.7 Å². The average Bonchev–Trinajstić information content (AvgIpc) is 2.47. The molecule has 2 rings (SSSR count). The van der Waals surface area contributed by atoms with E-state index in [0.29, 0.717) is 18.8 Å². The highest BCUT2D eigenvalue weighted by molar-refractivity contribution is 5.78. The van der Waals surface area contributed by atoms with Crippen molar-refractivity contribution in [3.05, 3.63) is 23.8 Å². The van der Waals surface area contributed by atoms with Crippen LogP contribution in [0.5, 0.6) is 5.75 Å². The molecule has 0 bridgehead atoms. The quantitative estimate of drug-likeness (QED) is 0.596. The maximum atomic E-state index is 11.8. The second-order valence-electron chi connectivity index (χ2n) is 4.77. The number of rotatable bonds is 2. The van der Waals surface area contributed by atoms with Crippen molar-refractivity contribution in [3.8, 4) is 5.75 Å². The molecule has 0 spiro atoms. The number of phenolic OH excluding ortho intramolecular Hbond substituents is 1. The lowest BCUT2D eigenvalue weighted by atomic mass is 10.1. The molecule has 0 saturated carbocycles. The van der Waals surface area contributed by atoms with Gasteiger partial charge in [-0.15, -0.1) is 0 Å².